The van der Waals surface area contributed by atoms with E-state index in [0.29, 0.717) is 5.92 Å². The first-order chi connectivity index (χ1) is 7.59. The van der Waals surface area contributed by atoms with Crippen molar-refractivity contribution < 1.29 is 0 Å². The van der Waals surface area contributed by atoms with Crippen molar-refractivity contribution in [3.05, 3.63) is 35.5 Å². The smallest absolute Gasteiger partial charge is 0.0458 e. The Morgan fingerprint density at radius 2 is 2.00 bits per heavy atom. The van der Waals surface area contributed by atoms with E-state index >= 15 is 0 Å². The van der Waals surface area contributed by atoms with Crippen LogP contribution in [0, 0.1) is 6.92 Å². The summed E-state index contributed by atoms with van der Waals surface area (Å²) in [5.74, 6) is 0.628. The highest BCUT2D eigenvalue weighted by Gasteiger charge is 2.40. The average molecular weight is 214 g/mol. The molecule has 2 aromatic rings. The van der Waals surface area contributed by atoms with Gasteiger partial charge in [-0.15, -0.1) is 0 Å². The molecular formula is C14H18N2. The molecule has 2 heterocycles. The van der Waals surface area contributed by atoms with E-state index < -0.39 is 0 Å². The quantitative estimate of drug-likeness (QED) is 0.750. The predicted molar refractivity (Wildman–Crippen MR) is 67.9 cm³/mol. The molecule has 1 aliphatic rings. The average Bonchev–Trinajstić information content (AvgIpc) is 2.55. The molecule has 1 aromatic heterocycles. The molecule has 1 aliphatic heterocycles. The van der Waals surface area contributed by atoms with Gasteiger partial charge in [0.25, 0.3) is 0 Å². The minimum atomic E-state index is 0.232. The minimum absolute atomic E-state index is 0.232. The number of fused-ring (bicyclic) bond motifs is 1. The van der Waals surface area contributed by atoms with Gasteiger partial charge in [0.1, 0.15) is 0 Å². The number of aromatic nitrogens is 1. The summed E-state index contributed by atoms with van der Waals surface area (Å²) in [4.78, 5) is 3.49. The Labute approximate surface area is 96.1 Å². The van der Waals surface area contributed by atoms with E-state index in [1.807, 2.05) is 0 Å². The Balaban J connectivity index is 2.19. The molecule has 16 heavy (non-hydrogen) atoms. The fraction of sp³-hybridized carbons (Fsp3) is 0.429. The summed E-state index contributed by atoms with van der Waals surface area (Å²) in [5, 5.41) is 4.89. The number of aromatic amines is 1. The van der Waals surface area contributed by atoms with Gasteiger partial charge in [-0.05, 0) is 32.4 Å². The molecule has 2 nitrogen and oxygen atoms in total. The van der Waals surface area contributed by atoms with Crippen LogP contribution in [0.3, 0.4) is 0 Å². The minimum Gasteiger partial charge on any atom is -0.358 e. The Bertz CT molecular complexity index is 537. The van der Waals surface area contributed by atoms with Crippen LogP contribution in [0.15, 0.2) is 24.3 Å². The molecule has 0 saturated carbocycles. The molecule has 0 amide bonds. The maximum atomic E-state index is 3.50. The van der Waals surface area contributed by atoms with Gasteiger partial charge in [0.15, 0.2) is 0 Å². The molecule has 0 radical (unpaired) electrons. The van der Waals surface area contributed by atoms with Crippen molar-refractivity contribution in [1.29, 1.82) is 0 Å². The van der Waals surface area contributed by atoms with E-state index in [1.165, 1.54) is 22.2 Å². The third-order valence-corrected chi connectivity index (χ3v) is 3.92. The number of para-hydroxylation sites is 1. The van der Waals surface area contributed by atoms with Gasteiger partial charge in [-0.3, -0.25) is 0 Å². The summed E-state index contributed by atoms with van der Waals surface area (Å²) in [6.07, 6.45) is 0. The normalized spacial score (nSPS) is 23.3. The number of H-pyrrole nitrogens is 1. The number of hydrogen-bond donors (Lipinski definition) is 2. The van der Waals surface area contributed by atoms with Crippen molar-refractivity contribution >= 4 is 10.9 Å². The summed E-state index contributed by atoms with van der Waals surface area (Å²) in [7, 11) is 0. The number of benzene rings is 1. The largest absolute Gasteiger partial charge is 0.358 e. The number of aryl methyl sites for hydroxylation is 1. The SMILES string of the molecule is Cc1[nH]c2ccccc2c1C1CNC1(C)C. The molecular weight excluding hydrogens is 196 g/mol. The van der Waals surface area contributed by atoms with Crippen LogP contribution in [0.1, 0.15) is 31.0 Å². The summed E-state index contributed by atoms with van der Waals surface area (Å²) >= 11 is 0. The van der Waals surface area contributed by atoms with Gasteiger partial charge in [-0.25, -0.2) is 0 Å². The summed E-state index contributed by atoms with van der Waals surface area (Å²) in [6, 6.07) is 8.60. The van der Waals surface area contributed by atoms with E-state index in [4.69, 9.17) is 0 Å². The van der Waals surface area contributed by atoms with Gasteiger partial charge in [-0.2, -0.15) is 0 Å². The Morgan fingerprint density at radius 1 is 1.25 bits per heavy atom. The van der Waals surface area contributed by atoms with Gasteiger partial charge in [0.2, 0.25) is 0 Å². The molecule has 1 aromatic carbocycles. The van der Waals surface area contributed by atoms with E-state index in [9.17, 15) is 0 Å². The van der Waals surface area contributed by atoms with Crippen molar-refractivity contribution in [2.24, 2.45) is 0 Å². The fourth-order valence-electron chi connectivity index (χ4n) is 2.82. The molecule has 2 heteroatoms. The molecule has 2 N–H and O–H groups in total. The van der Waals surface area contributed by atoms with Crippen molar-refractivity contribution in [2.45, 2.75) is 32.2 Å². The first-order valence-corrected chi connectivity index (χ1v) is 5.92. The maximum Gasteiger partial charge on any atom is 0.0458 e. The second-order valence-electron chi connectivity index (χ2n) is 5.36. The highest BCUT2D eigenvalue weighted by atomic mass is 15.1. The van der Waals surface area contributed by atoms with Crippen molar-refractivity contribution in [2.75, 3.05) is 6.54 Å². The van der Waals surface area contributed by atoms with E-state index in [2.05, 4.69) is 55.3 Å². The zero-order valence-corrected chi connectivity index (χ0v) is 10.1. The highest BCUT2D eigenvalue weighted by Crippen LogP contribution is 2.40. The van der Waals surface area contributed by atoms with Crippen molar-refractivity contribution in [1.82, 2.24) is 10.3 Å². The van der Waals surface area contributed by atoms with Crippen LogP contribution in [0.2, 0.25) is 0 Å². The summed E-state index contributed by atoms with van der Waals surface area (Å²) in [6.45, 7) is 7.84. The zero-order chi connectivity index (χ0) is 11.3. The molecule has 1 saturated heterocycles. The molecule has 0 aliphatic carbocycles. The molecule has 0 spiro atoms. The van der Waals surface area contributed by atoms with Crippen LogP contribution in [0.4, 0.5) is 0 Å². The third kappa shape index (κ3) is 1.23. The molecule has 0 bridgehead atoms. The van der Waals surface area contributed by atoms with Gasteiger partial charge >= 0.3 is 0 Å². The van der Waals surface area contributed by atoms with Gasteiger partial charge < -0.3 is 10.3 Å². The van der Waals surface area contributed by atoms with E-state index in [1.54, 1.807) is 0 Å². The van der Waals surface area contributed by atoms with Crippen LogP contribution in [-0.4, -0.2) is 17.1 Å². The summed E-state index contributed by atoms with van der Waals surface area (Å²) < 4.78 is 0. The second kappa shape index (κ2) is 3.11. The molecule has 3 rings (SSSR count). The van der Waals surface area contributed by atoms with Gasteiger partial charge in [-0.1, -0.05) is 18.2 Å². The fourth-order valence-corrected chi connectivity index (χ4v) is 2.82. The molecule has 1 fully saturated rings. The lowest BCUT2D eigenvalue weighted by Crippen LogP contribution is -2.59. The highest BCUT2D eigenvalue weighted by molar-refractivity contribution is 5.85. The maximum absolute atomic E-state index is 3.50. The van der Waals surface area contributed by atoms with Crippen LogP contribution in [0.25, 0.3) is 10.9 Å². The first kappa shape index (κ1) is 9.91. The van der Waals surface area contributed by atoms with Crippen molar-refractivity contribution in [3.8, 4) is 0 Å². The lowest BCUT2D eigenvalue weighted by atomic mass is 9.74. The van der Waals surface area contributed by atoms with E-state index in [-0.39, 0.29) is 5.54 Å². The van der Waals surface area contributed by atoms with E-state index in [0.717, 1.165) is 6.54 Å². The van der Waals surface area contributed by atoms with Crippen LogP contribution < -0.4 is 5.32 Å². The topological polar surface area (TPSA) is 27.8 Å². The second-order valence-corrected chi connectivity index (χ2v) is 5.36. The Morgan fingerprint density at radius 3 is 2.62 bits per heavy atom. The molecule has 84 valence electrons. The van der Waals surface area contributed by atoms with Gasteiger partial charge in [0.05, 0.1) is 0 Å². The van der Waals surface area contributed by atoms with Crippen LogP contribution in [0.5, 0.6) is 0 Å². The number of hydrogen-bond acceptors (Lipinski definition) is 1. The Hall–Kier alpha value is -1.28. The van der Waals surface area contributed by atoms with Crippen molar-refractivity contribution in [3.63, 3.8) is 0 Å². The summed E-state index contributed by atoms with van der Waals surface area (Å²) in [5.41, 5.74) is 4.31. The zero-order valence-electron chi connectivity index (χ0n) is 10.1. The van der Waals surface area contributed by atoms with Crippen LogP contribution >= 0.6 is 0 Å². The lowest BCUT2D eigenvalue weighted by Gasteiger charge is -2.46. The number of rotatable bonds is 1. The van der Waals surface area contributed by atoms with Crippen LogP contribution in [-0.2, 0) is 0 Å². The standard InChI is InChI=1S/C14H18N2/c1-9-13(11-8-15-14(11,2)3)10-6-4-5-7-12(10)16-9/h4-7,11,15-16H,8H2,1-3H3. The Kier molecular flexibility index (Phi) is 1.93. The molecule has 1 atom stereocenters. The predicted octanol–water partition coefficient (Wildman–Crippen LogP) is 2.94. The van der Waals surface area contributed by atoms with Gasteiger partial charge in [0, 0.05) is 34.6 Å². The number of nitrogens with one attached hydrogen (secondary N) is 2. The third-order valence-electron chi connectivity index (χ3n) is 3.92. The lowest BCUT2D eigenvalue weighted by molar-refractivity contribution is 0.209. The monoisotopic (exact) mass is 214 g/mol. The first-order valence-electron chi connectivity index (χ1n) is 5.92. The molecule has 1 unspecified atom stereocenters.